The van der Waals surface area contributed by atoms with Crippen LogP contribution < -0.4 is 5.32 Å². The summed E-state index contributed by atoms with van der Waals surface area (Å²) in [5.74, 6) is 0. The average molecular weight is 333 g/mol. The number of aryl methyl sites for hydroxylation is 1. The third-order valence-corrected chi connectivity index (χ3v) is 4.18. The normalized spacial score (nSPS) is 10.6. The van der Waals surface area contributed by atoms with Crippen LogP contribution >= 0.6 is 0 Å². The van der Waals surface area contributed by atoms with Gasteiger partial charge in [0.05, 0.1) is 6.61 Å². The van der Waals surface area contributed by atoms with Crippen molar-refractivity contribution in [1.29, 1.82) is 0 Å². The van der Waals surface area contributed by atoms with Crippen molar-refractivity contribution in [2.45, 2.75) is 25.7 Å². The number of unbranched alkanes of at least 4 members (excludes halogenated alkanes) is 2. The number of hydrogen-bond donors (Lipinski definition) is 1. The molecule has 3 nitrogen and oxygen atoms in total. The zero-order valence-electron chi connectivity index (χ0n) is 14.3. The molecule has 0 atom stereocenters. The molecule has 3 aromatic carbocycles. The van der Waals surface area contributed by atoms with Crippen molar-refractivity contribution in [1.82, 2.24) is 0 Å². The number of carbonyl (C=O) groups is 1. The van der Waals surface area contributed by atoms with Gasteiger partial charge in [-0.05, 0) is 54.2 Å². The molecule has 0 aliphatic heterocycles. The number of amides is 1. The molecule has 128 valence electrons. The summed E-state index contributed by atoms with van der Waals surface area (Å²) in [5, 5.41) is 5.04. The van der Waals surface area contributed by atoms with Gasteiger partial charge in [-0.1, -0.05) is 60.7 Å². The highest BCUT2D eigenvalue weighted by molar-refractivity contribution is 5.91. The fourth-order valence-electron chi connectivity index (χ4n) is 2.84. The molecular weight excluding hydrogens is 310 g/mol. The van der Waals surface area contributed by atoms with Gasteiger partial charge in [0.1, 0.15) is 0 Å². The lowest BCUT2D eigenvalue weighted by Crippen LogP contribution is -2.14. The molecule has 1 N–H and O–H groups in total. The molecule has 25 heavy (non-hydrogen) atoms. The first-order chi connectivity index (χ1) is 12.3. The second-order valence-electron chi connectivity index (χ2n) is 6.12. The topological polar surface area (TPSA) is 38.3 Å². The van der Waals surface area contributed by atoms with Gasteiger partial charge < -0.3 is 4.74 Å². The molecule has 0 spiro atoms. The monoisotopic (exact) mass is 333 g/mol. The highest BCUT2D eigenvalue weighted by Crippen LogP contribution is 2.19. The van der Waals surface area contributed by atoms with Gasteiger partial charge in [0.25, 0.3) is 0 Å². The van der Waals surface area contributed by atoms with Gasteiger partial charge in [-0.3, -0.25) is 5.32 Å². The molecule has 0 fully saturated rings. The summed E-state index contributed by atoms with van der Waals surface area (Å²) in [6.45, 7) is 0.453. The van der Waals surface area contributed by atoms with E-state index in [0.717, 1.165) is 42.1 Å². The second-order valence-corrected chi connectivity index (χ2v) is 6.12. The van der Waals surface area contributed by atoms with E-state index in [2.05, 4.69) is 29.6 Å². The summed E-state index contributed by atoms with van der Waals surface area (Å²) in [4.78, 5) is 11.9. The first-order valence-corrected chi connectivity index (χ1v) is 8.78. The van der Waals surface area contributed by atoms with E-state index in [4.69, 9.17) is 4.74 Å². The lowest BCUT2D eigenvalue weighted by molar-refractivity contribution is 0.159. The maximum atomic E-state index is 11.9. The van der Waals surface area contributed by atoms with Crippen LogP contribution in [-0.2, 0) is 11.2 Å². The maximum Gasteiger partial charge on any atom is 0.411 e. The number of benzene rings is 3. The van der Waals surface area contributed by atoms with Crippen LogP contribution in [0, 0.1) is 0 Å². The number of hydrogen-bond acceptors (Lipinski definition) is 2. The van der Waals surface area contributed by atoms with E-state index in [0.29, 0.717) is 6.61 Å². The van der Waals surface area contributed by atoms with Gasteiger partial charge in [0.15, 0.2) is 0 Å². The van der Waals surface area contributed by atoms with Crippen LogP contribution in [0.2, 0.25) is 0 Å². The van der Waals surface area contributed by atoms with E-state index in [1.807, 2.05) is 48.5 Å². The molecule has 3 aromatic rings. The quantitative estimate of drug-likeness (QED) is 0.555. The second kappa shape index (κ2) is 8.88. The van der Waals surface area contributed by atoms with Crippen LogP contribution in [0.1, 0.15) is 24.8 Å². The van der Waals surface area contributed by atoms with Crippen molar-refractivity contribution in [2.75, 3.05) is 11.9 Å². The lowest BCUT2D eigenvalue weighted by Gasteiger charge is -2.08. The highest BCUT2D eigenvalue weighted by atomic mass is 16.5. The summed E-state index contributed by atoms with van der Waals surface area (Å²) in [7, 11) is 0. The molecule has 0 saturated carbocycles. The maximum absolute atomic E-state index is 11.9. The summed E-state index contributed by atoms with van der Waals surface area (Å²) in [5.41, 5.74) is 2.12. The Bertz CT molecular complexity index is 814. The molecule has 0 saturated heterocycles. The fourth-order valence-corrected chi connectivity index (χ4v) is 2.84. The van der Waals surface area contributed by atoms with Crippen LogP contribution in [0.3, 0.4) is 0 Å². The first kappa shape index (κ1) is 17.0. The van der Waals surface area contributed by atoms with Crippen LogP contribution in [0.5, 0.6) is 0 Å². The van der Waals surface area contributed by atoms with Crippen molar-refractivity contribution in [3.05, 3.63) is 78.4 Å². The summed E-state index contributed by atoms with van der Waals surface area (Å²) in [6, 6.07) is 24.4. The molecule has 0 aromatic heterocycles. The summed E-state index contributed by atoms with van der Waals surface area (Å²) in [6.07, 6.45) is 3.73. The molecule has 0 unspecified atom stereocenters. The van der Waals surface area contributed by atoms with Gasteiger partial charge >= 0.3 is 6.09 Å². The minimum atomic E-state index is -0.390. The molecule has 3 heteroatoms. The van der Waals surface area contributed by atoms with Gasteiger partial charge in [-0.2, -0.15) is 0 Å². The predicted octanol–water partition coefficient (Wildman–Crippen LogP) is 5.80. The molecule has 0 aliphatic carbocycles. The molecule has 0 radical (unpaired) electrons. The van der Waals surface area contributed by atoms with E-state index in [1.165, 1.54) is 5.56 Å². The van der Waals surface area contributed by atoms with E-state index >= 15 is 0 Å². The zero-order chi connectivity index (χ0) is 17.3. The van der Waals surface area contributed by atoms with E-state index in [1.54, 1.807) is 0 Å². The van der Waals surface area contributed by atoms with Gasteiger partial charge in [-0.25, -0.2) is 4.79 Å². The Morgan fingerprint density at radius 3 is 2.40 bits per heavy atom. The van der Waals surface area contributed by atoms with Crippen molar-refractivity contribution < 1.29 is 9.53 Å². The Kier molecular flexibility index (Phi) is 6.05. The molecule has 3 rings (SSSR count). The Balaban J connectivity index is 1.35. The fraction of sp³-hybridized carbons (Fsp3) is 0.227. The Morgan fingerprint density at radius 1 is 0.800 bits per heavy atom. The van der Waals surface area contributed by atoms with Crippen molar-refractivity contribution in [2.24, 2.45) is 0 Å². The van der Waals surface area contributed by atoms with Gasteiger partial charge in [0, 0.05) is 5.69 Å². The third kappa shape index (κ3) is 5.35. The minimum Gasteiger partial charge on any atom is -0.449 e. The predicted molar refractivity (Wildman–Crippen MR) is 103 cm³/mol. The SMILES string of the molecule is O=C(Nc1ccc2ccccc2c1)OCCCCCc1ccccc1. The number of fused-ring (bicyclic) bond motifs is 1. The number of rotatable bonds is 7. The molecule has 0 bridgehead atoms. The minimum absolute atomic E-state index is 0.390. The van der Waals surface area contributed by atoms with E-state index < -0.39 is 6.09 Å². The third-order valence-electron chi connectivity index (χ3n) is 4.18. The zero-order valence-corrected chi connectivity index (χ0v) is 14.3. The lowest BCUT2D eigenvalue weighted by atomic mass is 10.1. The largest absolute Gasteiger partial charge is 0.449 e. The molecule has 0 aliphatic rings. The number of carbonyl (C=O) groups excluding carboxylic acids is 1. The van der Waals surface area contributed by atoms with Gasteiger partial charge in [0.2, 0.25) is 0 Å². The van der Waals surface area contributed by atoms with E-state index in [9.17, 15) is 4.79 Å². The van der Waals surface area contributed by atoms with Gasteiger partial charge in [-0.15, -0.1) is 0 Å². The smallest absolute Gasteiger partial charge is 0.411 e. The highest BCUT2D eigenvalue weighted by Gasteiger charge is 2.04. The van der Waals surface area contributed by atoms with E-state index in [-0.39, 0.29) is 0 Å². The summed E-state index contributed by atoms with van der Waals surface area (Å²) >= 11 is 0. The van der Waals surface area contributed by atoms with Crippen molar-refractivity contribution in [3.63, 3.8) is 0 Å². The Morgan fingerprint density at radius 2 is 1.56 bits per heavy atom. The van der Waals surface area contributed by atoms with Crippen molar-refractivity contribution >= 4 is 22.6 Å². The Labute approximate surface area is 148 Å². The number of ether oxygens (including phenoxy) is 1. The van der Waals surface area contributed by atoms with Crippen LogP contribution in [0.15, 0.2) is 72.8 Å². The average Bonchev–Trinajstić information content (AvgIpc) is 2.65. The summed E-state index contributed by atoms with van der Waals surface area (Å²) < 4.78 is 5.26. The Hall–Kier alpha value is -2.81. The van der Waals surface area contributed by atoms with Crippen LogP contribution in [0.4, 0.5) is 10.5 Å². The van der Waals surface area contributed by atoms with Crippen molar-refractivity contribution in [3.8, 4) is 0 Å². The standard InChI is InChI=1S/C22H23NO2/c24-22(23-21-15-14-19-12-6-7-13-20(19)17-21)25-16-8-2-5-11-18-9-3-1-4-10-18/h1,3-4,6-7,9-10,12-15,17H,2,5,8,11,16H2,(H,23,24). The molecule has 0 heterocycles. The molecule has 1 amide bonds. The number of nitrogens with one attached hydrogen (secondary N) is 1. The van der Waals surface area contributed by atoms with Crippen LogP contribution in [0.25, 0.3) is 10.8 Å². The van der Waals surface area contributed by atoms with Crippen LogP contribution in [-0.4, -0.2) is 12.7 Å². The molecular formula is C22H23NO2. The first-order valence-electron chi connectivity index (χ1n) is 8.78. The number of anilines is 1.